The molecule has 2 heteroatoms. The molecule has 2 nitrogen and oxygen atoms in total. The average molecular weight is 393 g/mol. The third-order valence-electron chi connectivity index (χ3n) is 5.46. The van der Waals surface area contributed by atoms with Gasteiger partial charge in [-0.3, -0.25) is 0 Å². The topological polar surface area (TPSA) is 15.3 Å². The summed E-state index contributed by atoms with van der Waals surface area (Å²) >= 11 is 0. The molecule has 0 aromatic heterocycles. The van der Waals surface area contributed by atoms with E-state index in [0.29, 0.717) is 0 Å². The lowest BCUT2D eigenvalue weighted by molar-refractivity contribution is 1.13. The van der Waals surface area contributed by atoms with E-state index in [9.17, 15) is 0 Å². The maximum absolute atomic E-state index is 3.60. The fourth-order valence-electron chi connectivity index (χ4n) is 4.09. The standard InChI is InChI=1S/C28H28N2/c1-20-17-24(22-11-6-5-7-12-22)18-21(2)28(20)23-13-10-14-25(19-23)29-26-15-8-9-16-27(26)30(3)4/h5-19,29H,1-4H3. The van der Waals surface area contributed by atoms with Crippen molar-refractivity contribution >= 4 is 17.1 Å². The van der Waals surface area contributed by atoms with Gasteiger partial charge in [-0.2, -0.15) is 0 Å². The summed E-state index contributed by atoms with van der Waals surface area (Å²) in [6.07, 6.45) is 0. The number of nitrogens with zero attached hydrogens (tertiary/aromatic N) is 1. The molecule has 150 valence electrons. The Morgan fingerprint density at radius 3 is 1.93 bits per heavy atom. The molecule has 0 unspecified atom stereocenters. The second-order valence-corrected chi connectivity index (χ2v) is 7.97. The van der Waals surface area contributed by atoms with Crippen molar-refractivity contribution in [2.45, 2.75) is 13.8 Å². The number of hydrogen-bond donors (Lipinski definition) is 1. The second kappa shape index (κ2) is 8.46. The molecule has 0 saturated carbocycles. The molecule has 0 saturated heterocycles. The molecule has 0 aliphatic heterocycles. The number of rotatable bonds is 5. The maximum atomic E-state index is 3.60. The number of hydrogen-bond acceptors (Lipinski definition) is 2. The van der Waals surface area contributed by atoms with Crippen molar-refractivity contribution in [1.29, 1.82) is 0 Å². The number of benzene rings is 4. The van der Waals surface area contributed by atoms with Crippen LogP contribution in [0.5, 0.6) is 0 Å². The second-order valence-electron chi connectivity index (χ2n) is 7.97. The van der Waals surface area contributed by atoms with Crippen molar-refractivity contribution in [3.63, 3.8) is 0 Å². The number of nitrogens with one attached hydrogen (secondary N) is 1. The normalized spacial score (nSPS) is 10.7. The molecular formula is C28H28N2. The molecule has 0 atom stereocenters. The molecule has 4 aromatic carbocycles. The lowest BCUT2D eigenvalue weighted by Gasteiger charge is -2.19. The van der Waals surface area contributed by atoms with E-state index >= 15 is 0 Å². The quantitative estimate of drug-likeness (QED) is 0.379. The van der Waals surface area contributed by atoms with Gasteiger partial charge in [-0.1, -0.05) is 66.7 Å². The molecular weight excluding hydrogens is 364 g/mol. The molecule has 0 aliphatic rings. The third kappa shape index (κ3) is 4.08. The Morgan fingerprint density at radius 2 is 1.23 bits per heavy atom. The zero-order chi connectivity index (χ0) is 21.1. The molecule has 0 aliphatic carbocycles. The number of para-hydroxylation sites is 2. The monoisotopic (exact) mass is 392 g/mol. The molecule has 1 N–H and O–H groups in total. The van der Waals surface area contributed by atoms with E-state index < -0.39 is 0 Å². The first kappa shape index (κ1) is 19.8. The van der Waals surface area contributed by atoms with Crippen LogP contribution in [0, 0.1) is 13.8 Å². The van der Waals surface area contributed by atoms with Crippen LogP contribution in [0.15, 0.2) is 91.0 Å². The summed E-state index contributed by atoms with van der Waals surface area (Å²) < 4.78 is 0. The fourth-order valence-corrected chi connectivity index (χ4v) is 4.09. The Labute approximate surface area is 179 Å². The van der Waals surface area contributed by atoms with Gasteiger partial charge in [-0.25, -0.2) is 0 Å². The van der Waals surface area contributed by atoms with Crippen LogP contribution in [0.4, 0.5) is 17.1 Å². The predicted molar refractivity (Wildman–Crippen MR) is 131 cm³/mol. The summed E-state index contributed by atoms with van der Waals surface area (Å²) in [6.45, 7) is 4.41. The van der Waals surface area contributed by atoms with Gasteiger partial charge in [0.2, 0.25) is 0 Å². The SMILES string of the molecule is Cc1cc(-c2ccccc2)cc(C)c1-c1cccc(Nc2ccccc2N(C)C)c1. The van der Waals surface area contributed by atoms with Crippen LogP contribution in [0.2, 0.25) is 0 Å². The third-order valence-corrected chi connectivity index (χ3v) is 5.46. The van der Waals surface area contributed by atoms with E-state index in [4.69, 9.17) is 0 Å². The van der Waals surface area contributed by atoms with E-state index in [1.54, 1.807) is 0 Å². The van der Waals surface area contributed by atoms with Crippen LogP contribution in [-0.2, 0) is 0 Å². The van der Waals surface area contributed by atoms with Gasteiger partial charge in [0.25, 0.3) is 0 Å². The van der Waals surface area contributed by atoms with Gasteiger partial charge in [-0.05, 0) is 71.5 Å². The summed E-state index contributed by atoms with van der Waals surface area (Å²) in [7, 11) is 4.13. The van der Waals surface area contributed by atoms with Gasteiger partial charge < -0.3 is 10.2 Å². The maximum Gasteiger partial charge on any atom is 0.0621 e. The van der Waals surface area contributed by atoms with Crippen molar-refractivity contribution in [1.82, 2.24) is 0 Å². The summed E-state index contributed by atoms with van der Waals surface area (Å²) in [4.78, 5) is 2.13. The molecule has 0 amide bonds. The highest BCUT2D eigenvalue weighted by atomic mass is 15.1. The Hall–Kier alpha value is -3.52. The number of aryl methyl sites for hydroxylation is 2. The van der Waals surface area contributed by atoms with E-state index in [-0.39, 0.29) is 0 Å². The molecule has 0 spiro atoms. The average Bonchev–Trinajstić information content (AvgIpc) is 2.74. The number of anilines is 3. The van der Waals surface area contributed by atoms with Gasteiger partial charge in [0.05, 0.1) is 11.4 Å². The lowest BCUT2D eigenvalue weighted by Crippen LogP contribution is -2.10. The van der Waals surface area contributed by atoms with Crippen molar-refractivity contribution in [3.05, 3.63) is 102 Å². The Morgan fingerprint density at radius 1 is 0.600 bits per heavy atom. The molecule has 4 rings (SSSR count). The predicted octanol–water partition coefficient (Wildman–Crippen LogP) is 7.45. The first-order valence-corrected chi connectivity index (χ1v) is 10.3. The Bertz CT molecular complexity index is 1140. The van der Waals surface area contributed by atoms with E-state index in [0.717, 1.165) is 11.4 Å². The Balaban J connectivity index is 1.70. The van der Waals surface area contributed by atoms with Crippen LogP contribution in [0.25, 0.3) is 22.3 Å². The van der Waals surface area contributed by atoms with Gasteiger partial charge >= 0.3 is 0 Å². The first-order valence-electron chi connectivity index (χ1n) is 10.3. The first-order chi connectivity index (χ1) is 14.5. The summed E-state index contributed by atoms with van der Waals surface area (Å²) in [5.74, 6) is 0. The fraction of sp³-hybridized carbons (Fsp3) is 0.143. The van der Waals surface area contributed by atoms with Crippen molar-refractivity contribution in [3.8, 4) is 22.3 Å². The highest BCUT2D eigenvalue weighted by molar-refractivity contribution is 5.81. The summed E-state index contributed by atoms with van der Waals surface area (Å²) in [5, 5.41) is 3.60. The summed E-state index contributed by atoms with van der Waals surface area (Å²) in [6, 6.07) is 32.2. The molecule has 4 aromatic rings. The van der Waals surface area contributed by atoms with E-state index in [1.807, 2.05) is 0 Å². The van der Waals surface area contributed by atoms with Crippen LogP contribution in [0.1, 0.15) is 11.1 Å². The zero-order valence-electron chi connectivity index (χ0n) is 18.1. The van der Waals surface area contributed by atoms with Crippen LogP contribution in [0.3, 0.4) is 0 Å². The molecule has 0 bridgehead atoms. The van der Waals surface area contributed by atoms with Crippen LogP contribution in [-0.4, -0.2) is 14.1 Å². The van der Waals surface area contributed by atoms with Gasteiger partial charge in [0, 0.05) is 19.8 Å². The van der Waals surface area contributed by atoms with Gasteiger partial charge in [-0.15, -0.1) is 0 Å². The van der Waals surface area contributed by atoms with Crippen molar-refractivity contribution in [2.75, 3.05) is 24.3 Å². The highest BCUT2D eigenvalue weighted by Crippen LogP contribution is 2.34. The van der Waals surface area contributed by atoms with E-state index in [2.05, 4.69) is 129 Å². The lowest BCUT2D eigenvalue weighted by atomic mass is 9.91. The molecule has 30 heavy (non-hydrogen) atoms. The van der Waals surface area contributed by atoms with Crippen LogP contribution < -0.4 is 10.2 Å². The molecule has 0 heterocycles. The smallest absolute Gasteiger partial charge is 0.0621 e. The Kier molecular flexibility index (Phi) is 5.58. The molecule has 0 radical (unpaired) electrons. The highest BCUT2D eigenvalue weighted by Gasteiger charge is 2.10. The largest absolute Gasteiger partial charge is 0.376 e. The zero-order valence-corrected chi connectivity index (χ0v) is 18.1. The minimum absolute atomic E-state index is 1.09. The summed E-state index contributed by atoms with van der Waals surface area (Å²) in [5.41, 5.74) is 11.0. The van der Waals surface area contributed by atoms with Crippen LogP contribution >= 0.6 is 0 Å². The minimum atomic E-state index is 1.09. The van der Waals surface area contributed by atoms with Gasteiger partial charge in [0.15, 0.2) is 0 Å². The molecule has 0 fully saturated rings. The van der Waals surface area contributed by atoms with E-state index in [1.165, 1.54) is 39.1 Å². The van der Waals surface area contributed by atoms with Crippen molar-refractivity contribution < 1.29 is 0 Å². The van der Waals surface area contributed by atoms with Gasteiger partial charge in [0.1, 0.15) is 0 Å². The van der Waals surface area contributed by atoms with Crippen molar-refractivity contribution in [2.24, 2.45) is 0 Å². The minimum Gasteiger partial charge on any atom is -0.376 e.